The highest BCUT2D eigenvalue weighted by Crippen LogP contribution is 2.30. The summed E-state index contributed by atoms with van der Waals surface area (Å²) >= 11 is 0. The Bertz CT molecular complexity index is 3470. The van der Waals surface area contributed by atoms with Gasteiger partial charge >= 0.3 is 12.1 Å². The van der Waals surface area contributed by atoms with Gasteiger partial charge in [-0.15, -0.1) is 0 Å². The third kappa shape index (κ3) is 22.8. The van der Waals surface area contributed by atoms with Crippen LogP contribution in [-0.2, 0) is 67.2 Å². The second-order valence-corrected chi connectivity index (χ2v) is 22.7. The molecule has 0 unspecified atom stereocenters. The van der Waals surface area contributed by atoms with E-state index in [1.165, 1.54) is 0 Å². The van der Waals surface area contributed by atoms with Crippen LogP contribution in [0.1, 0.15) is 126 Å². The van der Waals surface area contributed by atoms with Crippen LogP contribution in [0, 0.1) is 23.7 Å². The third-order valence-corrected chi connectivity index (χ3v) is 15.3. The first-order valence-electron chi connectivity index (χ1n) is 31.9. The Morgan fingerprint density at radius 3 is 2.09 bits per heavy atom. The highest BCUT2D eigenvalue weighted by molar-refractivity contribution is 6.06. The van der Waals surface area contributed by atoms with Gasteiger partial charge in [0, 0.05) is 86.3 Å². The molecule has 0 aliphatic carbocycles. The van der Waals surface area contributed by atoms with Crippen molar-refractivity contribution in [2.75, 3.05) is 88.5 Å². The van der Waals surface area contributed by atoms with Crippen LogP contribution in [0.4, 0.5) is 26.8 Å². The van der Waals surface area contributed by atoms with Gasteiger partial charge in [-0.05, 0) is 92.0 Å². The van der Waals surface area contributed by atoms with Gasteiger partial charge in [0.2, 0.25) is 17.7 Å². The van der Waals surface area contributed by atoms with Crippen LogP contribution in [0.5, 0.6) is 0 Å². The summed E-state index contributed by atoms with van der Waals surface area (Å²) in [5.41, 5.74) is 18.2. The number of nitrogens with zero attached hydrogens (tertiary/aromatic N) is 4. The minimum atomic E-state index is -0.869. The van der Waals surface area contributed by atoms with E-state index in [0.29, 0.717) is 107 Å². The van der Waals surface area contributed by atoms with Crippen molar-refractivity contribution in [3.8, 4) is 11.8 Å². The average Bonchev–Trinajstić information content (AvgIpc) is 1.61. The fourth-order valence-electron chi connectivity index (χ4n) is 10.3. The molecule has 0 bridgehead atoms. The SMILES string of the molecule is CCCCc1nc2c(N)nc3ccccc3c2n1OCCCCNC(=O)OCc1ccc(NC(=O)[C@H](CCCNC(N)=O)CC(=O)[C@@H](NC(=O)CCOCCOCCOCCOCCCC(=O)CCC(=O)N2Cc3ccccc3C#Cc3ccccc32)C(C)C)cc1. The van der Waals surface area contributed by atoms with Gasteiger partial charge in [-0.3, -0.25) is 24.0 Å². The molecule has 1 aliphatic rings. The summed E-state index contributed by atoms with van der Waals surface area (Å²) < 4.78 is 29.6. The number of pyridine rings is 1. The van der Waals surface area contributed by atoms with Crippen molar-refractivity contribution in [3.05, 3.63) is 125 Å². The van der Waals surface area contributed by atoms with Crippen molar-refractivity contribution in [2.24, 2.45) is 17.6 Å². The number of urea groups is 1. The van der Waals surface area contributed by atoms with E-state index in [1.54, 1.807) is 33.9 Å². The molecule has 2 atom stereocenters. The summed E-state index contributed by atoms with van der Waals surface area (Å²) in [5, 5.41) is 11.9. The molecule has 0 spiro atoms. The van der Waals surface area contributed by atoms with E-state index >= 15 is 0 Å². The number of carbonyl (C=O) groups excluding carboxylic acids is 7. The number of imidazole rings is 1. The first-order valence-corrected chi connectivity index (χ1v) is 31.9. The first-order chi connectivity index (χ1) is 44.7. The van der Waals surface area contributed by atoms with Crippen LogP contribution in [-0.4, -0.2) is 135 Å². The minimum Gasteiger partial charge on any atom is -0.445 e. The quantitative estimate of drug-likeness (QED) is 0.0155. The summed E-state index contributed by atoms with van der Waals surface area (Å²) in [4.78, 5) is 108. The molecule has 0 saturated carbocycles. The number of rotatable bonds is 41. The number of aromatic nitrogens is 3. The lowest BCUT2D eigenvalue weighted by Crippen LogP contribution is -2.45. The molecular weight excluding hydrogens is 1180 g/mol. The number of nitrogens with two attached hydrogens (primary N) is 2. The number of fused-ring (bicyclic) bond motifs is 5. The summed E-state index contributed by atoms with van der Waals surface area (Å²) in [5.74, 6) is 5.22. The number of ketones is 2. The Labute approximate surface area is 537 Å². The molecule has 1 aliphatic heterocycles. The van der Waals surface area contributed by atoms with Crippen LogP contribution >= 0.6 is 0 Å². The molecule has 0 saturated heterocycles. The Balaban J connectivity index is 0.718. The number of nitrogens with one attached hydrogen (secondary N) is 4. The Morgan fingerprint density at radius 2 is 1.35 bits per heavy atom. The fourth-order valence-corrected chi connectivity index (χ4v) is 10.3. The number of benzene rings is 4. The van der Waals surface area contributed by atoms with E-state index in [1.807, 2.05) is 86.6 Å². The van der Waals surface area contributed by atoms with Gasteiger partial charge in [-0.1, -0.05) is 99.7 Å². The molecule has 6 amide bonds. The number of ether oxygens (including phenoxy) is 5. The number of primary amides is 1. The number of hydrogen-bond acceptors (Lipinski definition) is 16. The van der Waals surface area contributed by atoms with Crippen LogP contribution in [0.15, 0.2) is 97.1 Å². The highest BCUT2D eigenvalue weighted by Gasteiger charge is 2.30. The number of carbonyl (C=O) groups is 7. The number of Topliss-reactive ketones (excluding diaryl/α,β-unsaturated/α-hetero) is 2. The van der Waals surface area contributed by atoms with Gasteiger partial charge in [0.25, 0.3) is 0 Å². The maximum atomic E-state index is 13.8. The molecule has 7 rings (SSSR count). The van der Waals surface area contributed by atoms with Crippen LogP contribution in [0.3, 0.4) is 0 Å². The second-order valence-electron chi connectivity index (χ2n) is 22.7. The van der Waals surface area contributed by atoms with Gasteiger partial charge in [0.15, 0.2) is 11.6 Å². The Hall–Kier alpha value is -8.95. The Kier molecular flexibility index (Phi) is 29.1. The summed E-state index contributed by atoms with van der Waals surface area (Å²) in [7, 11) is 0. The predicted molar refractivity (Wildman–Crippen MR) is 350 cm³/mol. The summed E-state index contributed by atoms with van der Waals surface area (Å²) in [6.07, 6.45) is 4.90. The monoisotopic (exact) mass is 1260 g/mol. The van der Waals surface area contributed by atoms with Gasteiger partial charge in [-0.2, -0.15) is 4.73 Å². The molecule has 4 aromatic carbocycles. The normalized spacial score (nSPS) is 12.4. The number of nitrogen functional groups attached to an aromatic ring is 1. The average molecular weight is 1270 g/mol. The molecular formula is C69H88N10O13. The summed E-state index contributed by atoms with van der Waals surface area (Å²) in [6.45, 7) is 9.42. The first kappa shape index (κ1) is 70.5. The molecule has 92 heavy (non-hydrogen) atoms. The highest BCUT2D eigenvalue weighted by atomic mass is 16.7. The molecule has 0 radical (unpaired) electrons. The van der Waals surface area contributed by atoms with Gasteiger partial charge in [0.1, 0.15) is 35.9 Å². The van der Waals surface area contributed by atoms with E-state index < -0.39 is 30.0 Å². The molecule has 8 N–H and O–H groups in total. The lowest BCUT2D eigenvalue weighted by molar-refractivity contribution is -0.131. The molecule has 23 nitrogen and oxygen atoms in total. The second kappa shape index (κ2) is 38.0. The van der Waals surface area contributed by atoms with Gasteiger partial charge in [-0.25, -0.2) is 19.6 Å². The number of anilines is 3. The number of unbranched alkanes of at least 4 members (excludes halogenated alkanes) is 2. The van der Waals surface area contributed by atoms with Crippen LogP contribution < -0.4 is 42.5 Å². The molecule has 23 heteroatoms. The van der Waals surface area contributed by atoms with Crippen molar-refractivity contribution in [1.82, 2.24) is 30.6 Å². The zero-order valence-electron chi connectivity index (χ0n) is 53.1. The molecule has 0 fully saturated rings. The van der Waals surface area contributed by atoms with Crippen molar-refractivity contribution in [2.45, 2.75) is 123 Å². The van der Waals surface area contributed by atoms with Crippen molar-refractivity contribution in [1.29, 1.82) is 0 Å². The van der Waals surface area contributed by atoms with Gasteiger partial charge < -0.3 is 66.2 Å². The summed E-state index contributed by atoms with van der Waals surface area (Å²) in [6, 6.07) is 28.3. The number of amides is 6. The number of para-hydroxylation sites is 2. The van der Waals surface area contributed by atoms with Crippen molar-refractivity contribution in [3.63, 3.8) is 0 Å². The largest absolute Gasteiger partial charge is 0.445 e. The Morgan fingerprint density at radius 1 is 0.674 bits per heavy atom. The lowest BCUT2D eigenvalue weighted by Gasteiger charge is -2.26. The molecule has 3 heterocycles. The zero-order valence-corrected chi connectivity index (χ0v) is 53.1. The predicted octanol–water partition coefficient (Wildman–Crippen LogP) is 8.28. The fraction of sp³-hybridized carbons (Fsp3) is 0.464. The van der Waals surface area contributed by atoms with E-state index in [-0.39, 0.29) is 94.4 Å². The van der Waals surface area contributed by atoms with E-state index in [2.05, 4.69) is 45.0 Å². The van der Waals surface area contributed by atoms with Crippen molar-refractivity contribution >= 4 is 80.5 Å². The van der Waals surface area contributed by atoms with Gasteiger partial charge in [0.05, 0.1) is 70.0 Å². The standard InChI is InChI=1S/C69H88N10O13/c1-4-5-24-60-76-64-65(56-21-9-10-22-57(56)75-66(64)70)79(60)92-37-13-12-34-73-69(86)91-47-49-25-29-54(30-26-49)74-67(84)52(19-14-35-72-68(71)85)45-59(81)63(48(2)3)77-61(82)33-38-88-40-42-90-44-43-89-41-39-87-36-15-20-55(80)31-32-62(83)78-46-53-18-7-6-16-50(53)27-28-51-17-8-11-23-58(51)78/h6-11,16-18,21-23,25-26,29-30,48,52,63H,4-5,12-15,19-20,24,31-47H2,1-3H3,(H2,70,75)(H,73,86)(H,74,84)(H,77,82)(H3,71,72,85)/t52-,63+/m1/s1. The lowest BCUT2D eigenvalue weighted by atomic mass is 9.89. The smallest absolute Gasteiger partial charge is 0.407 e. The third-order valence-electron chi connectivity index (χ3n) is 15.3. The van der Waals surface area contributed by atoms with E-state index in [4.69, 9.17) is 45.0 Å². The zero-order chi connectivity index (χ0) is 65.5. The number of alkyl carbamates (subject to hydrolysis) is 1. The van der Waals surface area contributed by atoms with Crippen molar-refractivity contribution < 1.29 is 62.1 Å². The van der Waals surface area contributed by atoms with E-state index in [9.17, 15) is 33.6 Å². The molecule has 2 aromatic heterocycles. The van der Waals surface area contributed by atoms with Crippen LogP contribution in [0.2, 0.25) is 0 Å². The topological polar surface area (TPSA) is 309 Å². The number of hydrogen-bond donors (Lipinski definition) is 6. The maximum absolute atomic E-state index is 13.8. The van der Waals surface area contributed by atoms with Crippen LogP contribution in [0.25, 0.3) is 21.9 Å². The maximum Gasteiger partial charge on any atom is 0.407 e. The number of aryl methyl sites for hydroxylation is 1. The minimum absolute atomic E-state index is 0.00187. The molecule has 492 valence electrons. The molecule has 6 aromatic rings. The van der Waals surface area contributed by atoms with E-state index in [0.717, 1.165) is 63.9 Å².